The van der Waals surface area contributed by atoms with Crippen LogP contribution in [-0.4, -0.2) is 41.2 Å². The molecule has 37 heavy (non-hydrogen) atoms. The number of piperidine rings is 1. The van der Waals surface area contributed by atoms with Crippen molar-refractivity contribution >= 4 is 22.8 Å². The first kappa shape index (κ1) is 24.5. The number of carbonyl (C=O) groups excluding carboxylic acids is 1. The van der Waals surface area contributed by atoms with E-state index in [2.05, 4.69) is 24.3 Å². The predicted octanol–water partition coefficient (Wildman–Crippen LogP) is 5.58. The number of amides is 2. The fraction of sp³-hybridized carbons (Fsp3) is 0.226. The Morgan fingerprint density at radius 1 is 0.892 bits per heavy atom. The number of rotatable bonds is 7. The molecule has 0 saturated carbocycles. The van der Waals surface area contributed by atoms with Gasteiger partial charge in [-0.3, -0.25) is 4.79 Å². The number of nitrogens with two attached hydrogens (primary N) is 1. The number of carboxylic acid groups (broad SMARTS) is 1. The Morgan fingerprint density at radius 2 is 1.65 bits per heavy atom. The standard InChI is InChI=1S/C31H30N2O4/c32-30(34)29-25(17-21-7-2-1-3-8-21)11-6-12-27(29)26-15-16-33(31(35)36)19-28(26)37-20-22-13-14-23-9-4-5-10-24(23)18-22/h1-14,18,26,28H,15-17,19-20H2,(H2,32,34)(H,35,36). The number of ether oxygens (including phenoxy) is 1. The van der Waals surface area contributed by atoms with Gasteiger partial charge in [0.1, 0.15) is 0 Å². The van der Waals surface area contributed by atoms with Crippen molar-refractivity contribution in [3.63, 3.8) is 0 Å². The van der Waals surface area contributed by atoms with Crippen molar-refractivity contribution in [3.8, 4) is 0 Å². The summed E-state index contributed by atoms with van der Waals surface area (Å²) in [6.07, 6.45) is -0.250. The molecule has 188 valence electrons. The van der Waals surface area contributed by atoms with Crippen LogP contribution in [0.25, 0.3) is 10.8 Å². The lowest BCUT2D eigenvalue weighted by Crippen LogP contribution is -2.46. The molecule has 0 aromatic heterocycles. The van der Waals surface area contributed by atoms with Crippen LogP contribution in [0.2, 0.25) is 0 Å². The van der Waals surface area contributed by atoms with E-state index < -0.39 is 18.1 Å². The molecule has 4 aromatic carbocycles. The number of hydrogen-bond donors (Lipinski definition) is 2. The van der Waals surface area contributed by atoms with Gasteiger partial charge < -0.3 is 20.5 Å². The lowest BCUT2D eigenvalue weighted by Gasteiger charge is -2.38. The molecule has 6 heteroatoms. The Balaban J connectivity index is 1.45. The summed E-state index contributed by atoms with van der Waals surface area (Å²) in [5, 5.41) is 11.9. The first-order valence-electron chi connectivity index (χ1n) is 12.5. The van der Waals surface area contributed by atoms with Gasteiger partial charge in [-0.1, -0.05) is 84.9 Å². The maximum Gasteiger partial charge on any atom is 0.407 e. The summed E-state index contributed by atoms with van der Waals surface area (Å²) in [4.78, 5) is 25.9. The Bertz CT molecular complexity index is 1420. The monoisotopic (exact) mass is 494 g/mol. The molecule has 5 rings (SSSR count). The SMILES string of the molecule is NC(=O)c1c(Cc2ccccc2)cccc1C1CCN(C(=O)O)CC1OCc1ccc2ccccc2c1. The van der Waals surface area contributed by atoms with E-state index in [1.54, 1.807) is 0 Å². The highest BCUT2D eigenvalue weighted by Crippen LogP contribution is 2.35. The summed E-state index contributed by atoms with van der Waals surface area (Å²) in [6, 6.07) is 30.1. The molecule has 0 aliphatic carbocycles. The van der Waals surface area contributed by atoms with Gasteiger partial charge in [0.05, 0.1) is 19.3 Å². The minimum Gasteiger partial charge on any atom is -0.465 e. The second-order valence-corrected chi connectivity index (χ2v) is 9.56. The van der Waals surface area contributed by atoms with E-state index in [9.17, 15) is 14.7 Å². The van der Waals surface area contributed by atoms with Crippen molar-refractivity contribution in [1.29, 1.82) is 0 Å². The Labute approximate surface area is 216 Å². The highest BCUT2D eigenvalue weighted by atomic mass is 16.5. The van der Waals surface area contributed by atoms with Crippen LogP contribution in [-0.2, 0) is 17.8 Å². The van der Waals surface area contributed by atoms with Gasteiger partial charge in [-0.15, -0.1) is 0 Å². The Morgan fingerprint density at radius 3 is 2.41 bits per heavy atom. The molecule has 1 aliphatic heterocycles. The number of likely N-dealkylation sites (tertiary alicyclic amines) is 1. The van der Waals surface area contributed by atoms with Gasteiger partial charge in [0.2, 0.25) is 5.91 Å². The number of primary amides is 1. The average Bonchev–Trinajstić information content (AvgIpc) is 2.92. The topological polar surface area (TPSA) is 92.9 Å². The van der Waals surface area contributed by atoms with Crippen LogP contribution in [0.15, 0.2) is 91.0 Å². The second kappa shape index (κ2) is 10.8. The molecular weight excluding hydrogens is 464 g/mol. The molecule has 2 unspecified atom stereocenters. The fourth-order valence-electron chi connectivity index (χ4n) is 5.34. The molecule has 1 fully saturated rings. The molecule has 0 spiro atoms. The summed E-state index contributed by atoms with van der Waals surface area (Å²) in [7, 11) is 0. The van der Waals surface area contributed by atoms with Crippen LogP contribution in [0.1, 0.15) is 45.0 Å². The van der Waals surface area contributed by atoms with Crippen molar-refractivity contribution in [1.82, 2.24) is 4.90 Å². The van der Waals surface area contributed by atoms with Crippen LogP contribution in [0.3, 0.4) is 0 Å². The van der Waals surface area contributed by atoms with Gasteiger partial charge in [-0.05, 0) is 51.9 Å². The van der Waals surface area contributed by atoms with Crippen LogP contribution in [0, 0.1) is 0 Å². The molecule has 2 atom stereocenters. The predicted molar refractivity (Wildman–Crippen MR) is 144 cm³/mol. The second-order valence-electron chi connectivity index (χ2n) is 9.56. The van der Waals surface area contributed by atoms with E-state index in [1.165, 1.54) is 4.90 Å². The minimum absolute atomic E-state index is 0.158. The zero-order valence-electron chi connectivity index (χ0n) is 20.5. The molecule has 1 saturated heterocycles. The summed E-state index contributed by atoms with van der Waals surface area (Å²) in [5.41, 5.74) is 10.2. The van der Waals surface area contributed by atoms with E-state index >= 15 is 0 Å². The first-order valence-corrected chi connectivity index (χ1v) is 12.5. The van der Waals surface area contributed by atoms with E-state index in [1.807, 2.05) is 66.7 Å². The molecule has 3 N–H and O–H groups in total. The van der Waals surface area contributed by atoms with Crippen LogP contribution in [0.5, 0.6) is 0 Å². The van der Waals surface area contributed by atoms with Crippen molar-refractivity contribution < 1.29 is 19.4 Å². The summed E-state index contributed by atoms with van der Waals surface area (Å²) >= 11 is 0. The Hall–Kier alpha value is -4.16. The molecule has 2 amide bonds. The lowest BCUT2D eigenvalue weighted by atomic mass is 9.82. The van der Waals surface area contributed by atoms with Crippen LogP contribution >= 0.6 is 0 Å². The molecule has 4 aromatic rings. The van der Waals surface area contributed by atoms with Gasteiger partial charge in [0, 0.05) is 18.0 Å². The van der Waals surface area contributed by atoms with Crippen LogP contribution in [0.4, 0.5) is 4.79 Å². The third-order valence-electron chi connectivity index (χ3n) is 7.17. The molecule has 1 heterocycles. The molecule has 0 radical (unpaired) electrons. The fourth-order valence-corrected chi connectivity index (χ4v) is 5.34. The van der Waals surface area contributed by atoms with E-state index in [4.69, 9.17) is 10.5 Å². The quantitative estimate of drug-likeness (QED) is 0.351. The zero-order chi connectivity index (χ0) is 25.8. The Kier molecular flexibility index (Phi) is 7.19. The lowest BCUT2D eigenvalue weighted by molar-refractivity contribution is -0.0200. The van der Waals surface area contributed by atoms with Crippen molar-refractivity contribution in [3.05, 3.63) is 119 Å². The maximum atomic E-state index is 12.7. The van der Waals surface area contributed by atoms with Gasteiger partial charge in [-0.25, -0.2) is 4.79 Å². The van der Waals surface area contributed by atoms with E-state index in [0.717, 1.165) is 33.0 Å². The average molecular weight is 495 g/mol. The molecule has 1 aliphatic rings. The smallest absolute Gasteiger partial charge is 0.407 e. The van der Waals surface area contributed by atoms with Gasteiger partial charge in [0.25, 0.3) is 0 Å². The van der Waals surface area contributed by atoms with E-state index in [-0.39, 0.29) is 12.5 Å². The highest BCUT2D eigenvalue weighted by molar-refractivity contribution is 5.96. The first-order chi connectivity index (χ1) is 18.0. The van der Waals surface area contributed by atoms with Gasteiger partial charge in [0.15, 0.2) is 0 Å². The number of hydrogen-bond acceptors (Lipinski definition) is 3. The largest absolute Gasteiger partial charge is 0.465 e. The summed E-state index contributed by atoms with van der Waals surface area (Å²) in [6.45, 7) is 0.945. The van der Waals surface area contributed by atoms with E-state index in [0.29, 0.717) is 31.6 Å². The third-order valence-corrected chi connectivity index (χ3v) is 7.17. The van der Waals surface area contributed by atoms with Crippen LogP contribution < -0.4 is 5.73 Å². The van der Waals surface area contributed by atoms with Gasteiger partial charge in [-0.2, -0.15) is 0 Å². The van der Waals surface area contributed by atoms with Gasteiger partial charge >= 0.3 is 6.09 Å². The number of benzene rings is 4. The molecule has 6 nitrogen and oxygen atoms in total. The minimum atomic E-state index is -0.967. The number of fused-ring (bicyclic) bond motifs is 1. The summed E-state index contributed by atoms with van der Waals surface area (Å²) < 4.78 is 6.40. The van der Waals surface area contributed by atoms with Crippen molar-refractivity contribution in [2.75, 3.05) is 13.1 Å². The molecule has 0 bridgehead atoms. The highest BCUT2D eigenvalue weighted by Gasteiger charge is 2.35. The van der Waals surface area contributed by atoms with Crippen molar-refractivity contribution in [2.45, 2.75) is 31.5 Å². The van der Waals surface area contributed by atoms with Crippen molar-refractivity contribution in [2.24, 2.45) is 5.73 Å². The maximum absolute atomic E-state index is 12.7. The zero-order valence-corrected chi connectivity index (χ0v) is 20.5. The number of nitrogens with zero attached hydrogens (tertiary/aromatic N) is 1. The summed E-state index contributed by atoms with van der Waals surface area (Å²) in [5.74, 6) is -0.634. The molecular formula is C31H30N2O4. The normalized spacial score (nSPS) is 17.6. The number of carbonyl (C=O) groups is 2. The third kappa shape index (κ3) is 5.49.